The van der Waals surface area contributed by atoms with Crippen LogP contribution in [-0.2, 0) is 20.3 Å². The lowest BCUT2D eigenvalue weighted by atomic mass is 10.1. The molecule has 0 aliphatic heterocycles. The SMILES string of the molecule is CC(C)OC(=O)c1c(N)cccc1CS(C)(=O)=O. The summed E-state index contributed by atoms with van der Waals surface area (Å²) in [5.74, 6) is -0.831. The Hall–Kier alpha value is -1.56. The first kappa shape index (κ1) is 14.5. The van der Waals surface area contributed by atoms with Crippen LogP contribution in [0, 0.1) is 0 Å². The molecule has 100 valence electrons. The van der Waals surface area contributed by atoms with Gasteiger partial charge < -0.3 is 10.5 Å². The standard InChI is InChI=1S/C12H17NO4S/c1-8(2)17-12(14)11-9(7-18(3,15)16)5-4-6-10(11)13/h4-6,8H,7,13H2,1-3H3. The predicted molar refractivity (Wildman–Crippen MR) is 70.0 cm³/mol. The van der Waals surface area contributed by atoms with Crippen LogP contribution < -0.4 is 5.73 Å². The summed E-state index contributed by atoms with van der Waals surface area (Å²) in [5, 5.41) is 0. The molecule has 0 atom stereocenters. The molecule has 18 heavy (non-hydrogen) atoms. The fourth-order valence-electron chi connectivity index (χ4n) is 1.54. The highest BCUT2D eigenvalue weighted by molar-refractivity contribution is 7.89. The van der Waals surface area contributed by atoms with Crippen molar-refractivity contribution in [2.75, 3.05) is 12.0 Å². The molecule has 0 aliphatic carbocycles. The summed E-state index contributed by atoms with van der Waals surface area (Å²) >= 11 is 0. The third kappa shape index (κ3) is 4.03. The van der Waals surface area contributed by atoms with E-state index in [9.17, 15) is 13.2 Å². The van der Waals surface area contributed by atoms with E-state index >= 15 is 0 Å². The Morgan fingerprint density at radius 3 is 2.50 bits per heavy atom. The van der Waals surface area contributed by atoms with E-state index in [0.29, 0.717) is 5.56 Å². The normalized spacial score (nSPS) is 11.6. The first-order valence-electron chi connectivity index (χ1n) is 5.47. The summed E-state index contributed by atoms with van der Waals surface area (Å²) in [5.41, 5.74) is 6.44. The van der Waals surface area contributed by atoms with Gasteiger partial charge in [-0.3, -0.25) is 0 Å². The van der Waals surface area contributed by atoms with Gasteiger partial charge in [-0.1, -0.05) is 12.1 Å². The first-order valence-corrected chi connectivity index (χ1v) is 7.53. The van der Waals surface area contributed by atoms with Crippen molar-refractivity contribution in [3.63, 3.8) is 0 Å². The largest absolute Gasteiger partial charge is 0.459 e. The average Bonchev–Trinajstić information content (AvgIpc) is 2.13. The van der Waals surface area contributed by atoms with E-state index in [-0.39, 0.29) is 23.1 Å². The van der Waals surface area contributed by atoms with E-state index in [1.807, 2.05) is 0 Å². The average molecular weight is 271 g/mol. The van der Waals surface area contributed by atoms with Crippen LogP contribution in [0.25, 0.3) is 0 Å². The lowest BCUT2D eigenvalue weighted by molar-refractivity contribution is 0.0378. The number of esters is 1. The maximum atomic E-state index is 11.9. The van der Waals surface area contributed by atoms with Gasteiger partial charge in [0.25, 0.3) is 0 Å². The van der Waals surface area contributed by atoms with Gasteiger partial charge in [0.1, 0.15) is 0 Å². The molecule has 0 aliphatic rings. The number of carbonyl (C=O) groups is 1. The third-order valence-electron chi connectivity index (χ3n) is 2.15. The van der Waals surface area contributed by atoms with Crippen LogP contribution in [0.2, 0.25) is 0 Å². The predicted octanol–water partition coefficient (Wildman–Crippen LogP) is 1.38. The molecule has 0 saturated heterocycles. The molecule has 6 heteroatoms. The van der Waals surface area contributed by atoms with Gasteiger partial charge in [0, 0.05) is 11.9 Å². The van der Waals surface area contributed by atoms with Crippen molar-refractivity contribution < 1.29 is 17.9 Å². The van der Waals surface area contributed by atoms with E-state index in [1.165, 1.54) is 0 Å². The molecule has 0 radical (unpaired) electrons. The number of sulfone groups is 1. The minimum atomic E-state index is -3.24. The number of carbonyl (C=O) groups excluding carboxylic acids is 1. The molecule has 1 aromatic rings. The second kappa shape index (κ2) is 5.39. The molecular weight excluding hydrogens is 254 g/mol. The van der Waals surface area contributed by atoms with Crippen LogP contribution in [0.1, 0.15) is 29.8 Å². The van der Waals surface area contributed by atoms with E-state index < -0.39 is 15.8 Å². The molecule has 0 fully saturated rings. The topological polar surface area (TPSA) is 86.5 Å². The number of anilines is 1. The Kier molecular flexibility index (Phi) is 4.34. The summed E-state index contributed by atoms with van der Waals surface area (Å²) in [6, 6.07) is 4.72. The van der Waals surface area contributed by atoms with Gasteiger partial charge >= 0.3 is 5.97 Å². The van der Waals surface area contributed by atoms with Crippen LogP contribution in [-0.4, -0.2) is 26.7 Å². The Morgan fingerprint density at radius 1 is 1.39 bits per heavy atom. The number of benzene rings is 1. The van der Waals surface area contributed by atoms with Gasteiger partial charge in [0.05, 0.1) is 17.4 Å². The molecule has 0 saturated carbocycles. The number of ether oxygens (including phenoxy) is 1. The first-order chi connectivity index (χ1) is 8.20. The maximum Gasteiger partial charge on any atom is 0.340 e. The second-order valence-electron chi connectivity index (χ2n) is 4.41. The molecule has 1 rings (SSSR count). The fraction of sp³-hybridized carbons (Fsp3) is 0.417. The zero-order valence-corrected chi connectivity index (χ0v) is 11.5. The van der Waals surface area contributed by atoms with Crippen molar-refractivity contribution in [2.24, 2.45) is 0 Å². The van der Waals surface area contributed by atoms with Crippen LogP contribution in [0.4, 0.5) is 5.69 Å². The summed E-state index contributed by atoms with van der Waals surface area (Å²) in [6.07, 6.45) is 0.816. The van der Waals surface area contributed by atoms with Gasteiger partial charge in [0.15, 0.2) is 9.84 Å². The summed E-state index contributed by atoms with van der Waals surface area (Å²) in [6.45, 7) is 3.43. The third-order valence-corrected chi connectivity index (χ3v) is 2.98. The van der Waals surface area contributed by atoms with Crippen LogP contribution >= 0.6 is 0 Å². The van der Waals surface area contributed by atoms with Crippen molar-refractivity contribution in [3.8, 4) is 0 Å². The highest BCUT2D eigenvalue weighted by Crippen LogP contribution is 2.20. The number of hydrogen-bond donors (Lipinski definition) is 1. The zero-order chi connectivity index (χ0) is 13.9. The molecule has 5 nitrogen and oxygen atoms in total. The molecule has 0 heterocycles. The lowest BCUT2D eigenvalue weighted by Crippen LogP contribution is -2.17. The molecule has 0 spiro atoms. The van der Waals surface area contributed by atoms with Gasteiger partial charge in [-0.25, -0.2) is 13.2 Å². The quantitative estimate of drug-likeness (QED) is 0.660. The van der Waals surface area contributed by atoms with E-state index in [1.54, 1.807) is 32.0 Å². The minimum absolute atomic E-state index is 0.136. The number of hydrogen-bond acceptors (Lipinski definition) is 5. The van der Waals surface area contributed by atoms with Gasteiger partial charge in [-0.05, 0) is 25.5 Å². The Bertz CT molecular complexity index is 549. The van der Waals surface area contributed by atoms with Crippen molar-refractivity contribution in [1.82, 2.24) is 0 Å². The van der Waals surface area contributed by atoms with E-state index in [2.05, 4.69) is 0 Å². The van der Waals surface area contributed by atoms with Crippen LogP contribution in [0.5, 0.6) is 0 Å². The molecule has 0 bridgehead atoms. The zero-order valence-electron chi connectivity index (χ0n) is 10.6. The molecular formula is C12H17NO4S. The Labute approximate surface area is 107 Å². The molecule has 0 amide bonds. The summed E-state index contributed by atoms with van der Waals surface area (Å²) < 4.78 is 27.7. The van der Waals surface area contributed by atoms with Gasteiger partial charge in [0.2, 0.25) is 0 Å². The van der Waals surface area contributed by atoms with Crippen molar-refractivity contribution in [2.45, 2.75) is 25.7 Å². The lowest BCUT2D eigenvalue weighted by Gasteiger charge is -2.13. The van der Waals surface area contributed by atoms with E-state index in [0.717, 1.165) is 6.26 Å². The number of nitrogen functional groups attached to an aromatic ring is 1. The highest BCUT2D eigenvalue weighted by atomic mass is 32.2. The minimum Gasteiger partial charge on any atom is -0.459 e. The molecule has 0 aromatic heterocycles. The van der Waals surface area contributed by atoms with E-state index in [4.69, 9.17) is 10.5 Å². The second-order valence-corrected chi connectivity index (χ2v) is 6.55. The number of nitrogens with two attached hydrogens (primary N) is 1. The molecule has 2 N–H and O–H groups in total. The van der Waals surface area contributed by atoms with Crippen molar-refractivity contribution >= 4 is 21.5 Å². The monoisotopic (exact) mass is 271 g/mol. The smallest absolute Gasteiger partial charge is 0.340 e. The maximum absolute atomic E-state index is 11.9. The Balaban J connectivity index is 3.20. The van der Waals surface area contributed by atoms with Crippen LogP contribution in [0.15, 0.2) is 18.2 Å². The van der Waals surface area contributed by atoms with Gasteiger partial charge in [-0.2, -0.15) is 0 Å². The van der Waals surface area contributed by atoms with Crippen molar-refractivity contribution in [1.29, 1.82) is 0 Å². The molecule has 0 unspecified atom stereocenters. The van der Waals surface area contributed by atoms with Crippen molar-refractivity contribution in [3.05, 3.63) is 29.3 Å². The Morgan fingerprint density at radius 2 is 2.00 bits per heavy atom. The fourth-order valence-corrected chi connectivity index (χ4v) is 2.35. The molecule has 1 aromatic carbocycles. The highest BCUT2D eigenvalue weighted by Gasteiger charge is 2.19. The van der Waals surface area contributed by atoms with Gasteiger partial charge in [-0.15, -0.1) is 0 Å². The summed E-state index contributed by atoms with van der Waals surface area (Å²) in [7, 11) is -3.24. The summed E-state index contributed by atoms with van der Waals surface area (Å²) in [4.78, 5) is 11.9. The van der Waals surface area contributed by atoms with Crippen LogP contribution in [0.3, 0.4) is 0 Å². The number of rotatable bonds is 4.